The summed E-state index contributed by atoms with van der Waals surface area (Å²) >= 11 is 0. The topological polar surface area (TPSA) is 55.1 Å². The van der Waals surface area contributed by atoms with Crippen LogP contribution in [0.3, 0.4) is 0 Å². The van der Waals surface area contributed by atoms with Gasteiger partial charge in [-0.05, 0) is 38.1 Å². The molecule has 0 spiro atoms. The first kappa shape index (κ1) is 10.9. The summed E-state index contributed by atoms with van der Waals surface area (Å²) in [6.07, 6.45) is 9.48. The Morgan fingerprint density at radius 3 is 2.53 bits per heavy atom. The number of hydrogen-bond acceptors (Lipinski definition) is 2. The molecule has 2 aliphatic rings. The van der Waals surface area contributed by atoms with E-state index in [2.05, 4.69) is 5.32 Å². The molecule has 1 atom stereocenters. The zero-order chi connectivity index (χ0) is 10.7. The van der Waals surface area contributed by atoms with Crippen molar-refractivity contribution in [3.05, 3.63) is 0 Å². The molecule has 1 unspecified atom stereocenters. The van der Waals surface area contributed by atoms with Crippen molar-refractivity contribution >= 4 is 5.91 Å². The van der Waals surface area contributed by atoms with Gasteiger partial charge in [-0.25, -0.2) is 0 Å². The maximum absolute atomic E-state index is 11.6. The van der Waals surface area contributed by atoms with Gasteiger partial charge in [-0.15, -0.1) is 0 Å². The maximum Gasteiger partial charge on any atom is 0.237 e. The van der Waals surface area contributed by atoms with Crippen molar-refractivity contribution in [1.82, 2.24) is 5.32 Å². The third kappa shape index (κ3) is 2.33. The van der Waals surface area contributed by atoms with E-state index in [-0.39, 0.29) is 11.4 Å². The fourth-order valence-electron chi connectivity index (χ4n) is 3.16. The summed E-state index contributed by atoms with van der Waals surface area (Å²) in [5.74, 6) is 0.595. The van der Waals surface area contributed by atoms with Gasteiger partial charge in [0.1, 0.15) is 0 Å². The van der Waals surface area contributed by atoms with Crippen LogP contribution >= 0.6 is 0 Å². The zero-order valence-corrected chi connectivity index (χ0v) is 9.43. The van der Waals surface area contributed by atoms with Crippen LogP contribution < -0.4 is 11.1 Å². The van der Waals surface area contributed by atoms with Crippen molar-refractivity contribution in [2.45, 2.75) is 56.9 Å². The Bertz CT molecular complexity index is 228. The molecule has 0 aromatic carbocycles. The second kappa shape index (κ2) is 4.52. The smallest absolute Gasteiger partial charge is 0.237 e. The van der Waals surface area contributed by atoms with Gasteiger partial charge in [-0.2, -0.15) is 0 Å². The van der Waals surface area contributed by atoms with Gasteiger partial charge in [-0.1, -0.05) is 25.7 Å². The van der Waals surface area contributed by atoms with Crippen LogP contribution in [-0.2, 0) is 4.79 Å². The number of primary amides is 1. The van der Waals surface area contributed by atoms with Crippen molar-refractivity contribution < 1.29 is 4.79 Å². The van der Waals surface area contributed by atoms with Crippen molar-refractivity contribution in [2.75, 3.05) is 6.54 Å². The first-order chi connectivity index (χ1) is 7.23. The van der Waals surface area contributed by atoms with Crippen molar-refractivity contribution in [1.29, 1.82) is 0 Å². The van der Waals surface area contributed by atoms with Crippen molar-refractivity contribution in [3.63, 3.8) is 0 Å². The lowest BCUT2D eigenvalue weighted by molar-refractivity contribution is -0.126. The van der Waals surface area contributed by atoms with Gasteiger partial charge in [0.15, 0.2) is 0 Å². The monoisotopic (exact) mass is 210 g/mol. The van der Waals surface area contributed by atoms with E-state index >= 15 is 0 Å². The molecule has 1 amide bonds. The number of nitrogens with two attached hydrogens (primary N) is 1. The fourth-order valence-corrected chi connectivity index (χ4v) is 3.16. The molecular weight excluding hydrogens is 188 g/mol. The molecule has 1 saturated carbocycles. The third-order valence-corrected chi connectivity index (χ3v) is 4.08. The van der Waals surface area contributed by atoms with Crippen LogP contribution in [0.4, 0.5) is 0 Å². The SMILES string of the molecule is NC(=O)C1(CC2CCCC2)CCCCN1. The van der Waals surface area contributed by atoms with Gasteiger partial charge in [0.05, 0.1) is 5.54 Å². The molecule has 1 aliphatic carbocycles. The summed E-state index contributed by atoms with van der Waals surface area (Å²) in [6.45, 7) is 0.954. The van der Waals surface area contributed by atoms with Crippen molar-refractivity contribution in [3.8, 4) is 0 Å². The Balaban J connectivity index is 2.00. The first-order valence-electron chi connectivity index (χ1n) is 6.28. The Hall–Kier alpha value is -0.570. The molecule has 0 aromatic rings. The van der Waals surface area contributed by atoms with Crippen LogP contribution in [0.15, 0.2) is 0 Å². The predicted octanol–water partition coefficient (Wildman–Crippen LogP) is 1.56. The summed E-state index contributed by atoms with van der Waals surface area (Å²) in [5.41, 5.74) is 5.21. The first-order valence-corrected chi connectivity index (χ1v) is 6.28. The van der Waals surface area contributed by atoms with Crippen LogP contribution in [0.5, 0.6) is 0 Å². The highest BCUT2D eigenvalue weighted by Gasteiger charge is 2.39. The van der Waals surface area contributed by atoms with Crippen LogP contribution in [0.1, 0.15) is 51.4 Å². The van der Waals surface area contributed by atoms with Crippen molar-refractivity contribution in [2.24, 2.45) is 11.7 Å². The Kier molecular flexibility index (Phi) is 3.29. The molecule has 1 aliphatic heterocycles. The molecule has 0 bridgehead atoms. The number of nitrogens with one attached hydrogen (secondary N) is 1. The van der Waals surface area contributed by atoms with Gasteiger partial charge in [0.25, 0.3) is 0 Å². The molecule has 0 aromatic heterocycles. The van der Waals surface area contributed by atoms with E-state index in [4.69, 9.17) is 5.73 Å². The second-order valence-corrected chi connectivity index (χ2v) is 5.18. The minimum absolute atomic E-state index is 0.130. The van der Waals surface area contributed by atoms with E-state index < -0.39 is 0 Å². The number of hydrogen-bond donors (Lipinski definition) is 2. The summed E-state index contributed by atoms with van der Waals surface area (Å²) in [6, 6.07) is 0. The molecule has 86 valence electrons. The molecule has 2 fully saturated rings. The Labute approximate surface area is 91.8 Å². The highest BCUT2D eigenvalue weighted by atomic mass is 16.1. The van der Waals surface area contributed by atoms with Crippen LogP contribution in [0, 0.1) is 5.92 Å². The average molecular weight is 210 g/mol. The lowest BCUT2D eigenvalue weighted by Crippen LogP contribution is -2.58. The van der Waals surface area contributed by atoms with E-state index in [1.165, 1.54) is 32.1 Å². The van der Waals surface area contributed by atoms with Gasteiger partial charge in [-0.3, -0.25) is 4.79 Å². The number of piperidine rings is 1. The number of carbonyl (C=O) groups excluding carboxylic acids is 1. The van der Waals surface area contributed by atoms with E-state index in [0.29, 0.717) is 0 Å². The van der Waals surface area contributed by atoms with E-state index in [9.17, 15) is 4.79 Å². The lowest BCUT2D eigenvalue weighted by Gasteiger charge is -2.37. The van der Waals surface area contributed by atoms with Gasteiger partial charge >= 0.3 is 0 Å². The van der Waals surface area contributed by atoms with Gasteiger partial charge < -0.3 is 11.1 Å². The molecule has 1 saturated heterocycles. The number of rotatable bonds is 3. The standard InChI is InChI=1S/C12H22N2O/c13-11(15)12(7-3-4-8-14-12)9-10-5-1-2-6-10/h10,14H,1-9H2,(H2,13,15). The van der Waals surface area contributed by atoms with E-state index in [1.807, 2.05) is 0 Å². The highest BCUT2D eigenvalue weighted by molar-refractivity contribution is 5.84. The molecule has 15 heavy (non-hydrogen) atoms. The van der Waals surface area contributed by atoms with E-state index in [0.717, 1.165) is 31.7 Å². The summed E-state index contributed by atoms with van der Waals surface area (Å²) in [7, 11) is 0. The largest absolute Gasteiger partial charge is 0.368 e. The molecule has 0 radical (unpaired) electrons. The van der Waals surface area contributed by atoms with Gasteiger partial charge in [0.2, 0.25) is 5.91 Å². The normalized spacial score (nSPS) is 33.1. The second-order valence-electron chi connectivity index (χ2n) is 5.18. The summed E-state index contributed by atoms with van der Waals surface area (Å²) in [5, 5.41) is 3.38. The fraction of sp³-hybridized carbons (Fsp3) is 0.917. The van der Waals surface area contributed by atoms with Crippen LogP contribution in [-0.4, -0.2) is 18.0 Å². The minimum Gasteiger partial charge on any atom is -0.368 e. The van der Waals surface area contributed by atoms with Crippen LogP contribution in [0.2, 0.25) is 0 Å². The molecule has 1 heterocycles. The number of carbonyl (C=O) groups is 1. The maximum atomic E-state index is 11.6. The minimum atomic E-state index is -0.368. The Morgan fingerprint density at radius 2 is 2.00 bits per heavy atom. The highest BCUT2D eigenvalue weighted by Crippen LogP contribution is 2.35. The average Bonchev–Trinajstić information content (AvgIpc) is 2.71. The molecule has 2 rings (SSSR count). The van der Waals surface area contributed by atoms with Crippen LogP contribution in [0.25, 0.3) is 0 Å². The predicted molar refractivity (Wildman–Crippen MR) is 60.4 cm³/mol. The molecular formula is C12H22N2O. The lowest BCUT2D eigenvalue weighted by atomic mass is 9.80. The summed E-state index contributed by atoms with van der Waals surface area (Å²) < 4.78 is 0. The Morgan fingerprint density at radius 1 is 1.27 bits per heavy atom. The van der Waals surface area contributed by atoms with E-state index in [1.54, 1.807) is 0 Å². The summed E-state index contributed by atoms with van der Waals surface area (Å²) in [4.78, 5) is 11.6. The third-order valence-electron chi connectivity index (χ3n) is 4.08. The zero-order valence-electron chi connectivity index (χ0n) is 9.43. The van der Waals surface area contributed by atoms with Gasteiger partial charge in [0, 0.05) is 0 Å². The quantitative estimate of drug-likeness (QED) is 0.743. The molecule has 3 nitrogen and oxygen atoms in total. The number of amides is 1. The molecule has 3 heteroatoms. The molecule has 3 N–H and O–H groups in total.